The average Bonchev–Trinajstić information content (AvgIpc) is 2.91. The highest BCUT2D eigenvalue weighted by atomic mass is 14.9. The van der Waals surface area contributed by atoms with Gasteiger partial charge in [-0.1, -0.05) is 36.3 Å². The van der Waals surface area contributed by atoms with Crippen LogP contribution in [-0.4, -0.2) is 6.54 Å². The summed E-state index contributed by atoms with van der Waals surface area (Å²) in [6, 6.07) is 6.72. The predicted molar refractivity (Wildman–Crippen MR) is 78.8 cm³/mol. The van der Waals surface area contributed by atoms with Crippen LogP contribution in [0.5, 0.6) is 0 Å². The zero-order chi connectivity index (χ0) is 12.9. The molecule has 0 spiro atoms. The van der Waals surface area contributed by atoms with Gasteiger partial charge in [-0.05, 0) is 49.8 Å². The molecule has 1 aliphatic heterocycles. The third-order valence-electron chi connectivity index (χ3n) is 4.78. The molecule has 3 rings (SSSR count). The van der Waals surface area contributed by atoms with Gasteiger partial charge in [0.15, 0.2) is 0 Å². The molecule has 1 heterocycles. The van der Waals surface area contributed by atoms with Crippen LogP contribution in [0.25, 0.3) is 5.57 Å². The molecule has 1 heteroatoms. The molecule has 1 aliphatic carbocycles. The van der Waals surface area contributed by atoms with Crippen molar-refractivity contribution in [2.75, 3.05) is 11.9 Å². The first-order chi connectivity index (χ1) is 8.61. The number of benzene rings is 1. The van der Waals surface area contributed by atoms with E-state index in [0.29, 0.717) is 5.92 Å². The fraction of sp³-hybridized carbons (Fsp3) is 0.412. The summed E-state index contributed by atoms with van der Waals surface area (Å²) in [7, 11) is 0. The lowest BCUT2D eigenvalue weighted by Crippen LogP contribution is -1.97. The second-order valence-corrected chi connectivity index (χ2v) is 5.60. The summed E-state index contributed by atoms with van der Waals surface area (Å²) in [5, 5.41) is 3.56. The highest BCUT2D eigenvalue weighted by molar-refractivity contribution is 5.91. The Kier molecular flexibility index (Phi) is 2.58. The van der Waals surface area contributed by atoms with Gasteiger partial charge >= 0.3 is 0 Å². The first kappa shape index (κ1) is 11.6. The summed E-state index contributed by atoms with van der Waals surface area (Å²) < 4.78 is 0. The van der Waals surface area contributed by atoms with E-state index in [1.54, 1.807) is 0 Å². The molecule has 1 aromatic carbocycles. The lowest BCUT2D eigenvalue weighted by atomic mass is 9.94. The SMILES string of the molecule is CC1=C(C)C(C)C(C)=C1c1cccc2c1NCC2. The molecule has 0 amide bonds. The van der Waals surface area contributed by atoms with Crippen molar-refractivity contribution < 1.29 is 0 Å². The Morgan fingerprint density at radius 3 is 2.56 bits per heavy atom. The molecule has 0 bridgehead atoms. The van der Waals surface area contributed by atoms with Gasteiger partial charge in [0.2, 0.25) is 0 Å². The predicted octanol–water partition coefficient (Wildman–Crippen LogP) is 4.41. The quantitative estimate of drug-likeness (QED) is 0.765. The van der Waals surface area contributed by atoms with E-state index in [1.165, 1.54) is 39.1 Å². The van der Waals surface area contributed by atoms with E-state index in [0.717, 1.165) is 13.0 Å². The Morgan fingerprint density at radius 1 is 1.11 bits per heavy atom. The van der Waals surface area contributed by atoms with Crippen molar-refractivity contribution in [2.24, 2.45) is 5.92 Å². The Hall–Kier alpha value is -1.50. The van der Waals surface area contributed by atoms with E-state index in [9.17, 15) is 0 Å². The second-order valence-electron chi connectivity index (χ2n) is 5.60. The van der Waals surface area contributed by atoms with Crippen molar-refractivity contribution in [1.82, 2.24) is 0 Å². The molecular formula is C17H21N. The minimum Gasteiger partial charge on any atom is -0.384 e. The molecule has 2 aliphatic rings. The van der Waals surface area contributed by atoms with Crippen molar-refractivity contribution in [3.63, 3.8) is 0 Å². The average molecular weight is 239 g/mol. The summed E-state index contributed by atoms with van der Waals surface area (Å²) in [4.78, 5) is 0. The fourth-order valence-corrected chi connectivity index (χ4v) is 3.32. The molecule has 1 atom stereocenters. The van der Waals surface area contributed by atoms with E-state index in [2.05, 4.69) is 51.2 Å². The van der Waals surface area contributed by atoms with Crippen LogP contribution in [-0.2, 0) is 6.42 Å². The Labute approximate surface area is 110 Å². The van der Waals surface area contributed by atoms with Gasteiger partial charge in [-0.3, -0.25) is 0 Å². The van der Waals surface area contributed by atoms with Crippen molar-refractivity contribution in [1.29, 1.82) is 0 Å². The maximum absolute atomic E-state index is 3.56. The van der Waals surface area contributed by atoms with Crippen LogP contribution >= 0.6 is 0 Å². The normalized spacial score (nSPS) is 22.6. The standard InChI is InChI=1S/C17H21N/c1-10-11(2)13(4)16(12(10)3)15-7-5-6-14-8-9-18-17(14)15/h5-7,10,18H,8-9H2,1-4H3. The number of rotatable bonds is 1. The molecule has 1 unspecified atom stereocenters. The van der Waals surface area contributed by atoms with Gasteiger partial charge in [-0.2, -0.15) is 0 Å². The molecule has 0 aromatic heterocycles. The number of para-hydroxylation sites is 1. The van der Waals surface area contributed by atoms with E-state index in [4.69, 9.17) is 0 Å². The van der Waals surface area contributed by atoms with Crippen LogP contribution in [0.15, 0.2) is 34.9 Å². The molecule has 94 valence electrons. The van der Waals surface area contributed by atoms with Crippen molar-refractivity contribution in [3.05, 3.63) is 46.0 Å². The third kappa shape index (κ3) is 1.46. The summed E-state index contributed by atoms with van der Waals surface area (Å²) >= 11 is 0. The molecule has 0 saturated heterocycles. The monoisotopic (exact) mass is 239 g/mol. The number of anilines is 1. The van der Waals surface area contributed by atoms with Crippen LogP contribution in [0, 0.1) is 5.92 Å². The van der Waals surface area contributed by atoms with Crippen LogP contribution < -0.4 is 5.32 Å². The maximum Gasteiger partial charge on any atom is 0.0453 e. The second kappa shape index (κ2) is 4.01. The number of nitrogens with one attached hydrogen (secondary N) is 1. The van der Waals surface area contributed by atoms with Gasteiger partial charge in [0.05, 0.1) is 0 Å². The lowest BCUT2D eigenvalue weighted by molar-refractivity contribution is 0.818. The zero-order valence-corrected chi connectivity index (χ0v) is 11.7. The van der Waals surface area contributed by atoms with Gasteiger partial charge < -0.3 is 5.32 Å². The topological polar surface area (TPSA) is 12.0 Å². The Morgan fingerprint density at radius 2 is 1.89 bits per heavy atom. The number of hydrogen-bond donors (Lipinski definition) is 1. The molecule has 0 saturated carbocycles. The van der Waals surface area contributed by atoms with Crippen LogP contribution in [0.2, 0.25) is 0 Å². The van der Waals surface area contributed by atoms with Gasteiger partial charge in [0.25, 0.3) is 0 Å². The van der Waals surface area contributed by atoms with E-state index in [1.807, 2.05) is 0 Å². The third-order valence-corrected chi connectivity index (χ3v) is 4.78. The van der Waals surface area contributed by atoms with E-state index >= 15 is 0 Å². The van der Waals surface area contributed by atoms with Crippen molar-refractivity contribution in [3.8, 4) is 0 Å². The van der Waals surface area contributed by atoms with Crippen LogP contribution in [0.1, 0.15) is 38.8 Å². The highest BCUT2D eigenvalue weighted by Gasteiger charge is 2.26. The molecule has 1 nitrogen and oxygen atoms in total. The fourth-order valence-electron chi connectivity index (χ4n) is 3.32. The summed E-state index contributed by atoms with van der Waals surface area (Å²) in [5.74, 6) is 0.595. The molecule has 1 aromatic rings. The first-order valence-electron chi connectivity index (χ1n) is 6.86. The highest BCUT2D eigenvalue weighted by Crippen LogP contribution is 2.45. The van der Waals surface area contributed by atoms with E-state index < -0.39 is 0 Å². The van der Waals surface area contributed by atoms with Gasteiger partial charge in [0.1, 0.15) is 0 Å². The summed E-state index contributed by atoms with van der Waals surface area (Å²) in [6.07, 6.45) is 1.16. The first-order valence-corrected chi connectivity index (χ1v) is 6.86. The van der Waals surface area contributed by atoms with Crippen LogP contribution in [0.4, 0.5) is 5.69 Å². The van der Waals surface area contributed by atoms with E-state index in [-0.39, 0.29) is 0 Å². The summed E-state index contributed by atoms with van der Waals surface area (Å²) in [6.45, 7) is 10.2. The Balaban J connectivity index is 2.20. The Bertz CT molecular complexity index is 575. The molecule has 18 heavy (non-hydrogen) atoms. The van der Waals surface area contributed by atoms with Crippen LogP contribution in [0.3, 0.4) is 0 Å². The molecular weight excluding hydrogens is 218 g/mol. The van der Waals surface area contributed by atoms with Gasteiger partial charge in [0, 0.05) is 17.8 Å². The maximum atomic E-state index is 3.56. The van der Waals surface area contributed by atoms with Gasteiger partial charge in [-0.15, -0.1) is 0 Å². The smallest absolute Gasteiger partial charge is 0.0453 e. The minimum atomic E-state index is 0.595. The minimum absolute atomic E-state index is 0.595. The number of fused-ring (bicyclic) bond motifs is 1. The lowest BCUT2D eigenvalue weighted by Gasteiger charge is -2.13. The number of hydrogen-bond acceptors (Lipinski definition) is 1. The van der Waals surface area contributed by atoms with Crippen molar-refractivity contribution in [2.45, 2.75) is 34.1 Å². The van der Waals surface area contributed by atoms with Crippen molar-refractivity contribution >= 4 is 11.3 Å². The molecule has 1 N–H and O–H groups in total. The summed E-state index contributed by atoms with van der Waals surface area (Å²) in [5.41, 5.74) is 10.2. The molecule has 0 radical (unpaired) electrons. The largest absolute Gasteiger partial charge is 0.384 e. The van der Waals surface area contributed by atoms with Gasteiger partial charge in [-0.25, -0.2) is 0 Å². The zero-order valence-electron chi connectivity index (χ0n) is 11.7. The molecule has 0 fully saturated rings. The number of allylic oxidation sites excluding steroid dienone is 4.